The van der Waals surface area contributed by atoms with Crippen molar-refractivity contribution in [1.82, 2.24) is 4.90 Å². The van der Waals surface area contributed by atoms with E-state index in [1.165, 1.54) is 22.3 Å². The molecule has 1 aliphatic heterocycles. The van der Waals surface area contributed by atoms with Gasteiger partial charge in [-0.25, -0.2) is 0 Å². The molecule has 20 heavy (non-hydrogen) atoms. The van der Waals surface area contributed by atoms with Crippen molar-refractivity contribution < 1.29 is 0 Å². The molecule has 1 aliphatic carbocycles. The Bertz CT molecular complexity index is 580. The lowest BCUT2D eigenvalue weighted by Crippen LogP contribution is -2.29. The van der Waals surface area contributed by atoms with E-state index in [4.69, 9.17) is 5.73 Å². The van der Waals surface area contributed by atoms with E-state index in [2.05, 4.69) is 53.4 Å². The molecular weight excluding hydrogens is 268 g/mol. The average molecular weight is 287 g/mol. The van der Waals surface area contributed by atoms with E-state index in [1.807, 2.05) is 0 Å². The minimum absolute atomic E-state index is 0. The maximum absolute atomic E-state index is 6.09. The molecule has 0 radical (unpaired) electrons. The zero-order valence-corrected chi connectivity index (χ0v) is 12.1. The van der Waals surface area contributed by atoms with Crippen LogP contribution in [0.25, 0.3) is 11.1 Å². The van der Waals surface area contributed by atoms with Gasteiger partial charge in [0.15, 0.2) is 0 Å². The van der Waals surface area contributed by atoms with Crippen LogP contribution in [0.5, 0.6) is 0 Å². The second-order valence-corrected chi connectivity index (χ2v) is 5.62. The minimum atomic E-state index is 0. The predicted octanol–water partition coefficient (Wildman–Crippen LogP) is 3.21. The van der Waals surface area contributed by atoms with Crippen molar-refractivity contribution in [2.75, 3.05) is 13.1 Å². The minimum Gasteiger partial charge on any atom is -0.326 e. The van der Waals surface area contributed by atoms with Gasteiger partial charge in [0.1, 0.15) is 0 Å². The maximum Gasteiger partial charge on any atom is 0.0614 e. The number of benzene rings is 2. The van der Waals surface area contributed by atoms with E-state index >= 15 is 0 Å². The molecular formula is C17H19ClN2. The molecule has 2 aromatic carbocycles. The SMILES string of the molecule is Cl.N[C@@H]1CCN(C2c3ccccc3-c3ccccc32)C1. The average Bonchev–Trinajstić information content (AvgIpc) is 3.00. The molecule has 104 valence electrons. The summed E-state index contributed by atoms with van der Waals surface area (Å²) in [5.41, 5.74) is 11.8. The molecule has 0 bridgehead atoms. The van der Waals surface area contributed by atoms with Gasteiger partial charge in [-0.2, -0.15) is 0 Å². The van der Waals surface area contributed by atoms with E-state index in [1.54, 1.807) is 0 Å². The summed E-state index contributed by atoms with van der Waals surface area (Å²) >= 11 is 0. The van der Waals surface area contributed by atoms with Crippen LogP contribution in [0.2, 0.25) is 0 Å². The highest BCUT2D eigenvalue weighted by atomic mass is 35.5. The summed E-state index contributed by atoms with van der Waals surface area (Å²) in [6.45, 7) is 2.11. The quantitative estimate of drug-likeness (QED) is 0.872. The Morgan fingerprint density at radius 1 is 0.900 bits per heavy atom. The Hall–Kier alpha value is -1.35. The monoisotopic (exact) mass is 286 g/mol. The van der Waals surface area contributed by atoms with E-state index in [-0.39, 0.29) is 12.4 Å². The highest BCUT2D eigenvalue weighted by Crippen LogP contribution is 2.46. The van der Waals surface area contributed by atoms with Crippen LogP contribution in [-0.2, 0) is 0 Å². The van der Waals surface area contributed by atoms with Crippen molar-refractivity contribution in [3.8, 4) is 11.1 Å². The van der Waals surface area contributed by atoms with Crippen LogP contribution >= 0.6 is 12.4 Å². The third-order valence-corrected chi connectivity index (χ3v) is 4.42. The topological polar surface area (TPSA) is 29.3 Å². The number of halogens is 1. The summed E-state index contributed by atoms with van der Waals surface area (Å²) in [5.74, 6) is 0. The lowest BCUT2D eigenvalue weighted by molar-refractivity contribution is 0.282. The number of hydrogen-bond acceptors (Lipinski definition) is 2. The highest BCUT2D eigenvalue weighted by molar-refractivity contribution is 5.85. The molecule has 1 atom stereocenters. The van der Waals surface area contributed by atoms with Gasteiger partial charge in [0.25, 0.3) is 0 Å². The molecule has 3 heteroatoms. The van der Waals surface area contributed by atoms with Gasteiger partial charge in [0.05, 0.1) is 6.04 Å². The Kier molecular flexibility index (Phi) is 3.55. The smallest absolute Gasteiger partial charge is 0.0614 e. The van der Waals surface area contributed by atoms with Crippen LogP contribution in [-0.4, -0.2) is 24.0 Å². The maximum atomic E-state index is 6.09. The molecule has 0 amide bonds. The number of hydrogen-bond donors (Lipinski definition) is 1. The van der Waals surface area contributed by atoms with Gasteiger partial charge in [-0.05, 0) is 28.7 Å². The molecule has 0 aromatic heterocycles. The molecule has 0 spiro atoms. The van der Waals surface area contributed by atoms with Crippen molar-refractivity contribution in [3.63, 3.8) is 0 Å². The van der Waals surface area contributed by atoms with Crippen LogP contribution in [0.15, 0.2) is 48.5 Å². The number of fused-ring (bicyclic) bond motifs is 3. The first-order valence-electron chi connectivity index (χ1n) is 7.02. The normalized spacial score (nSPS) is 21.4. The van der Waals surface area contributed by atoms with Gasteiger partial charge in [0, 0.05) is 19.1 Å². The summed E-state index contributed by atoms with van der Waals surface area (Å²) < 4.78 is 0. The van der Waals surface area contributed by atoms with Crippen molar-refractivity contribution >= 4 is 12.4 Å². The molecule has 2 aromatic rings. The van der Waals surface area contributed by atoms with Crippen molar-refractivity contribution in [2.45, 2.75) is 18.5 Å². The van der Waals surface area contributed by atoms with E-state index in [9.17, 15) is 0 Å². The standard InChI is InChI=1S/C17H18N2.ClH/c18-12-9-10-19(11-12)17-15-7-3-1-5-13(15)14-6-2-4-8-16(14)17;/h1-8,12,17H,9-11,18H2;1H/t12-;/m1./s1. The van der Waals surface area contributed by atoms with Crippen LogP contribution in [0.1, 0.15) is 23.6 Å². The second kappa shape index (κ2) is 5.21. The largest absolute Gasteiger partial charge is 0.326 e. The Morgan fingerprint density at radius 2 is 1.45 bits per heavy atom. The van der Waals surface area contributed by atoms with E-state index < -0.39 is 0 Å². The molecule has 4 rings (SSSR count). The summed E-state index contributed by atoms with van der Waals surface area (Å²) in [5, 5.41) is 0. The number of nitrogens with zero attached hydrogens (tertiary/aromatic N) is 1. The zero-order chi connectivity index (χ0) is 12.8. The fourth-order valence-corrected chi connectivity index (χ4v) is 3.57. The number of likely N-dealkylation sites (tertiary alicyclic amines) is 1. The lowest BCUT2D eigenvalue weighted by Gasteiger charge is -2.25. The fourth-order valence-electron chi connectivity index (χ4n) is 3.57. The van der Waals surface area contributed by atoms with Gasteiger partial charge >= 0.3 is 0 Å². The Labute approximate surface area is 126 Å². The van der Waals surface area contributed by atoms with E-state index in [0.717, 1.165) is 19.5 Å². The van der Waals surface area contributed by atoms with Crippen molar-refractivity contribution in [2.24, 2.45) is 5.73 Å². The Balaban J connectivity index is 0.00000121. The van der Waals surface area contributed by atoms with Crippen LogP contribution in [0.3, 0.4) is 0 Å². The molecule has 0 saturated carbocycles. The van der Waals surface area contributed by atoms with E-state index in [0.29, 0.717) is 12.1 Å². The first-order chi connectivity index (χ1) is 9.34. The molecule has 2 aliphatic rings. The van der Waals surface area contributed by atoms with Gasteiger partial charge in [-0.3, -0.25) is 4.90 Å². The first kappa shape index (κ1) is 13.6. The van der Waals surface area contributed by atoms with Gasteiger partial charge < -0.3 is 5.73 Å². The predicted molar refractivity (Wildman–Crippen MR) is 85.1 cm³/mol. The highest BCUT2D eigenvalue weighted by Gasteiger charge is 2.35. The van der Waals surface area contributed by atoms with Crippen LogP contribution in [0.4, 0.5) is 0 Å². The molecule has 2 N–H and O–H groups in total. The van der Waals surface area contributed by atoms with Gasteiger partial charge in [-0.1, -0.05) is 48.5 Å². The van der Waals surface area contributed by atoms with Crippen molar-refractivity contribution in [1.29, 1.82) is 0 Å². The fraction of sp³-hybridized carbons (Fsp3) is 0.294. The first-order valence-corrected chi connectivity index (χ1v) is 7.02. The molecule has 1 heterocycles. The summed E-state index contributed by atoms with van der Waals surface area (Å²) in [6, 6.07) is 18.3. The molecule has 1 saturated heterocycles. The van der Waals surface area contributed by atoms with Crippen molar-refractivity contribution in [3.05, 3.63) is 59.7 Å². The lowest BCUT2D eigenvalue weighted by atomic mass is 10.0. The van der Waals surface area contributed by atoms with Gasteiger partial charge in [0.2, 0.25) is 0 Å². The molecule has 0 unspecified atom stereocenters. The zero-order valence-electron chi connectivity index (χ0n) is 11.3. The third kappa shape index (κ3) is 1.96. The molecule has 2 nitrogen and oxygen atoms in total. The number of nitrogens with two attached hydrogens (primary N) is 1. The summed E-state index contributed by atoms with van der Waals surface area (Å²) in [6.07, 6.45) is 1.11. The molecule has 1 fully saturated rings. The van der Waals surface area contributed by atoms with Crippen LogP contribution < -0.4 is 5.73 Å². The van der Waals surface area contributed by atoms with Crippen LogP contribution in [0, 0.1) is 0 Å². The summed E-state index contributed by atoms with van der Waals surface area (Å²) in [7, 11) is 0. The second-order valence-electron chi connectivity index (χ2n) is 5.62. The third-order valence-electron chi connectivity index (χ3n) is 4.42. The Morgan fingerprint density at radius 3 is 1.95 bits per heavy atom. The van der Waals surface area contributed by atoms with Gasteiger partial charge in [-0.15, -0.1) is 12.4 Å². The summed E-state index contributed by atoms with van der Waals surface area (Å²) in [4.78, 5) is 2.54. The number of rotatable bonds is 1.